The number of carbonyl (C=O) groups is 1. The first-order valence-electron chi connectivity index (χ1n) is 12.6. The molecule has 2 atom stereocenters. The zero-order valence-electron chi connectivity index (χ0n) is 23.2. The predicted octanol–water partition coefficient (Wildman–Crippen LogP) is 6.00. The third-order valence-corrected chi connectivity index (χ3v) is 7.02. The number of amides is 1. The Labute approximate surface area is 242 Å². The van der Waals surface area contributed by atoms with Gasteiger partial charge in [0, 0.05) is 23.7 Å². The van der Waals surface area contributed by atoms with Crippen LogP contribution in [-0.4, -0.2) is 62.4 Å². The van der Waals surface area contributed by atoms with E-state index in [2.05, 4.69) is 9.50 Å². The summed E-state index contributed by atoms with van der Waals surface area (Å²) in [6.07, 6.45) is -5.80. The van der Waals surface area contributed by atoms with Gasteiger partial charge in [-0.15, -0.1) is 0 Å². The molecule has 0 saturated heterocycles. The summed E-state index contributed by atoms with van der Waals surface area (Å²) >= 11 is 0. The number of benzene rings is 2. The van der Waals surface area contributed by atoms with E-state index in [1.165, 1.54) is 6.92 Å². The van der Waals surface area contributed by atoms with Crippen molar-refractivity contribution >= 4 is 16.2 Å². The number of hydrogen-bond acceptors (Lipinski definition) is 7. The molecule has 0 unspecified atom stereocenters. The number of nitrogens with zero attached hydrogens (tertiary/aromatic N) is 1. The first-order valence-corrected chi connectivity index (χ1v) is 14.0. The molecule has 1 aliphatic rings. The molecule has 0 fully saturated rings. The van der Waals surface area contributed by atoms with Gasteiger partial charge in [0.05, 0.1) is 19.1 Å². The average molecular weight is 649 g/mol. The van der Waals surface area contributed by atoms with E-state index in [9.17, 15) is 39.6 Å². The molecule has 3 rings (SSSR count). The van der Waals surface area contributed by atoms with Gasteiger partial charge in [0.1, 0.15) is 35.3 Å². The third kappa shape index (κ3) is 8.84. The largest absolute Gasteiger partial charge is 0.534 e. The van der Waals surface area contributed by atoms with Gasteiger partial charge < -0.3 is 19.0 Å². The Morgan fingerprint density at radius 1 is 1.00 bits per heavy atom. The molecule has 8 nitrogen and oxygen atoms in total. The van der Waals surface area contributed by atoms with Gasteiger partial charge in [-0.25, -0.2) is 13.6 Å². The minimum Gasteiger partial charge on any atom is -0.492 e. The highest BCUT2D eigenvalue weighted by molar-refractivity contribution is 7.88. The molecule has 0 bridgehead atoms. The molecule has 240 valence electrons. The van der Waals surface area contributed by atoms with E-state index in [4.69, 9.17) is 9.47 Å². The molecule has 1 N–H and O–H groups in total. The summed E-state index contributed by atoms with van der Waals surface area (Å²) in [6.45, 7) is 4.29. The second-order valence-electron chi connectivity index (χ2n) is 10.7. The lowest BCUT2D eigenvalue weighted by Gasteiger charge is -2.42. The van der Waals surface area contributed by atoms with Crippen LogP contribution in [-0.2, 0) is 21.3 Å². The summed E-state index contributed by atoms with van der Waals surface area (Å²) in [4.78, 5) is 12.5. The molecule has 1 heterocycles. The van der Waals surface area contributed by atoms with E-state index in [0.717, 1.165) is 35.2 Å². The maximum atomic E-state index is 15.4. The minimum absolute atomic E-state index is 0.0261. The van der Waals surface area contributed by atoms with Crippen LogP contribution < -0.4 is 14.2 Å². The van der Waals surface area contributed by atoms with Gasteiger partial charge in [0.25, 0.3) is 0 Å². The number of alkyl carbamates (subject to hydrolysis) is 1. The lowest BCUT2D eigenvalue weighted by Crippen LogP contribution is -2.47. The van der Waals surface area contributed by atoms with Crippen LogP contribution in [0.25, 0.3) is 0 Å². The highest BCUT2D eigenvalue weighted by Gasteiger charge is 2.49. The highest BCUT2D eigenvalue weighted by atomic mass is 32.2. The average Bonchev–Trinajstić information content (AvgIpc) is 2.80. The smallest absolute Gasteiger partial charge is 0.492 e. The van der Waals surface area contributed by atoms with E-state index >= 15 is 8.78 Å². The topological polar surface area (TPSA) is 94.2 Å². The third-order valence-electron chi connectivity index (χ3n) is 6.04. The molecule has 17 heteroatoms. The number of fused-ring (bicyclic) bond motifs is 1. The number of hydrogen-bond donors (Lipinski definition) is 1. The fourth-order valence-electron chi connectivity index (χ4n) is 4.44. The number of alkyl halides is 6. The zero-order chi connectivity index (χ0) is 32.5. The molecule has 1 aliphatic heterocycles. The van der Waals surface area contributed by atoms with Gasteiger partial charge in [0.2, 0.25) is 0 Å². The van der Waals surface area contributed by atoms with Crippen molar-refractivity contribution in [3.8, 4) is 11.5 Å². The summed E-state index contributed by atoms with van der Waals surface area (Å²) in [6, 6.07) is 1.30. The molecule has 1 amide bonds. The first kappa shape index (κ1) is 34.2. The van der Waals surface area contributed by atoms with Crippen molar-refractivity contribution in [1.82, 2.24) is 10.2 Å². The fourth-order valence-corrected chi connectivity index (χ4v) is 4.89. The highest BCUT2D eigenvalue weighted by Crippen LogP contribution is 2.43. The SMILES string of the molecule is C[C@@H]1Cc2cc(OS(=O)(=O)C(F)(F)F)ccc2[C@@H](c2c(F)cc(OCCNC(=O)OC(C)(C)C)cc2F)N1CC(F)(F)F. The molecule has 2 aromatic rings. The molecule has 0 spiro atoms. The summed E-state index contributed by atoms with van der Waals surface area (Å²) in [5, 5.41) is 2.37. The first-order chi connectivity index (χ1) is 19.6. The number of carbonyl (C=O) groups excluding carboxylic acids is 1. The monoisotopic (exact) mass is 648 g/mol. The van der Waals surface area contributed by atoms with Crippen molar-refractivity contribution in [2.75, 3.05) is 19.7 Å². The van der Waals surface area contributed by atoms with Crippen molar-refractivity contribution in [2.24, 2.45) is 0 Å². The zero-order valence-corrected chi connectivity index (χ0v) is 24.0. The second kappa shape index (κ2) is 12.3. The molecule has 0 radical (unpaired) electrons. The van der Waals surface area contributed by atoms with Crippen LogP contribution in [0.15, 0.2) is 30.3 Å². The Hall–Kier alpha value is -3.34. The van der Waals surface area contributed by atoms with Gasteiger partial charge in [-0.3, -0.25) is 4.90 Å². The molecule has 0 aromatic heterocycles. The number of ether oxygens (including phenoxy) is 2. The molecular formula is C26H28F8N2O6S. The van der Waals surface area contributed by atoms with Gasteiger partial charge in [-0.05, 0) is 57.4 Å². The molecule has 0 aliphatic carbocycles. The quantitative estimate of drug-likeness (QED) is 0.163. The van der Waals surface area contributed by atoms with Crippen LogP contribution in [0.3, 0.4) is 0 Å². The molecule has 43 heavy (non-hydrogen) atoms. The minimum atomic E-state index is -6.06. The van der Waals surface area contributed by atoms with Crippen molar-refractivity contribution in [3.05, 3.63) is 58.7 Å². The van der Waals surface area contributed by atoms with Crippen molar-refractivity contribution in [2.45, 2.75) is 63.5 Å². The Bertz CT molecular complexity index is 1420. The van der Waals surface area contributed by atoms with E-state index < -0.39 is 75.1 Å². The normalized spacial score (nSPS) is 18.1. The summed E-state index contributed by atoms with van der Waals surface area (Å²) in [5.41, 5.74) is -7.39. The summed E-state index contributed by atoms with van der Waals surface area (Å²) < 4.78 is 147. The van der Waals surface area contributed by atoms with Crippen LogP contribution in [0.5, 0.6) is 11.5 Å². The lowest BCUT2D eigenvalue weighted by atomic mass is 9.84. The maximum Gasteiger partial charge on any atom is 0.534 e. The van der Waals surface area contributed by atoms with Crippen LogP contribution in [0, 0.1) is 11.6 Å². The lowest BCUT2D eigenvalue weighted by molar-refractivity contribution is -0.155. The maximum absolute atomic E-state index is 15.4. The predicted molar refractivity (Wildman–Crippen MR) is 136 cm³/mol. The number of nitrogens with one attached hydrogen (secondary N) is 1. The molecule has 0 saturated carbocycles. The Morgan fingerprint density at radius 2 is 1.60 bits per heavy atom. The van der Waals surface area contributed by atoms with Gasteiger partial charge >= 0.3 is 27.9 Å². The fraction of sp³-hybridized carbons (Fsp3) is 0.500. The van der Waals surface area contributed by atoms with Crippen LogP contribution >= 0.6 is 0 Å². The van der Waals surface area contributed by atoms with Crippen molar-refractivity contribution < 1.29 is 62.0 Å². The van der Waals surface area contributed by atoms with E-state index in [0.29, 0.717) is 0 Å². The Morgan fingerprint density at radius 3 is 2.14 bits per heavy atom. The number of rotatable bonds is 8. The van der Waals surface area contributed by atoms with Crippen molar-refractivity contribution in [1.29, 1.82) is 0 Å². The van der Waals surface area contributed by atoms with Crippen LogP contribution in [0.4, 0.5) is 39.9 Å². The van der Waals surface area contributed by atoms with E-state index in [-0.39, 0.29) is 36.4 Å². The Balaban J connectivity index is 1.94. The second-order valence-corrected chi connectivity index (χ2v) is 12.2. The molecular weight excluding hydrogens is 620 g/mol. The van der Waals surface area contributed by atoms with Crippen molar-refractivity contribution in [3.63, 3.8) is 0 Å². The van der Waals surface area contributed by atoms with E-state index in [1.54, 1.807) is 20.8 Å². The Kier molecular flexibility index (Phi) is 9.80. The summed E-state index contributed by atoms with van der Waals surface area (Å²) in [7, 11) is -6.06. The summed E-state index contributed by atoms with van der Waals surface area (Å²) in [5.74, 6) is -3.69. The van der Waals surface area contributed by atoms with E-state index in [1.807, 2.05) is 0 Å². The van der Waals surface area contributed by atoms with Gasteiger partial charge in [-0.2, -0.15) is 34.8 Å². The number of halogens is 8. The standard InChI is InChI=1S/C26H28F8N2O6S/c1-14-9-15-10-16(42-43(38,39)26(32,33)34)5-6-18(15)22(36(14)13-25(29,30)31)21-19(27)11-17(12-20(21)28)40-8-7-35-23(37)41-24(2,3)4/h5-6,10-12,14,22H,7-9,13H2,1-4H3,(H,35,37)/t14-,22+/m1/s1. The van der Waals surface area contributed by atoms with Gasteiger partial charge in [0.15, 0.2) is 0 Å². The van der Waals surface area contributed by atoms with Crippen LogP contribution in [0.2, 0.25) is 0 Å². The molecule has 2 aromatic carbocycles. The van der Waals surface area contributed by atoms with Crippen LogP contribution in [0.1, 0.15) is 50.4 Å². The van der Waals surface area contributed by atoms with Gasteiger partial charge in [-0.1, -0.05) is 6.07 Å².